The Balaban J connectivity index is 2.40. The molecule has 0 unspecified atom stereocenters. The van der Waals surface area contributed by atoms with Crippen LogP contribution in [0.25, 0.3) is 6.08 Å². The molecule has 0 saturated heterocycles. The highest BCUT2D eigenvalue weighted by Crippen LogP contribution is 2.36. The van der Waals surface area contributed by atoms with E-state index in [2.05, 4.69) is 0 Å². The van der Waals surface area contributed by atoms with Crippen LogP contribution in [0.2, 0.25) is 0 Å². The third-order valence-electron chi connectivity index (χ3n) is 3.57. The number of allylic oxidation sites excluding steroid dienone is 1. The Morgan fingerprint density at radius 2 is 1.71 bits per heavy atom. The fourth-order valence-electron chi connectivity index (χ4n) is 2.42. The molecule has 0 fully saturated rings. The third kappa shape index (κ3) is 3.96. The lowest BCUT2D eigenvalue weighted by molar-refractivity contribution is 0.104. The number of aryl methyl sites for hydroxylation is 2. The number of ketones is 1. The molecule has 2 aromatic rings. The van der Waals surface area contributed by atoms with Gasteiger partial charge in [-0.15, -0.1) is 0 Å². The number of rotatable bonds is 5. The molecule has 2 rings (SSSR count). The van der Waals surface area contributed by atoms with Crippen LogP contribution in [0.4, 0.5) is 0 Å². The first-order chi connectivity index (χ1) is 11.3. The molecular formula is C20H22O4. The molecule has 0 aliphatic carbocycles. The summed E-state index contributed by atoms with van der Waals surface area (Å²) in [6.07, 6.45) is 2.92. The molecule has 0 spiro atoms. The van der Waals surface area contributed by atoms with Crippen LogP contribution < -0.4 is 4.74 Å². The summed E-state index contributed by atoms with van der Waals surface area (Å²) in [6, 6.07) is 7.88. The van der Waals surface area contributed by atoms with Gasteiger partial charge in [-0.1, -0.05) is 0 Å². The molecule has 0 amide bonds. The molecule has 2 aromatic carbocycles. The fraction of sp³-hybridized carbons (Fsp3) is 0.250. The molecular weight excluding hydrogens is 304 g/mol. The number of hydrogen-bond donors (Lipinski definition) is 2. The molecule has 0 aliphatic rings. The van der Waals surface area contributed by atoms with Crippen molar-refractivity contribution in [3.05, 3.63) is 58.7 Å². The molecule has 2 N–H and O–H groups in total. The number of carbonyl (C=O) groups excluding carboxylic acids is 1. The number of phenolic OH excluding ortho intramolecular Hbond substituents is 2. The summed E-state index contributed by atoms with van der Waals surface area (Å²) in [4.78, 5) is 12.3. The zero-order valence-corrected chi connectivity index (χ0v) is 14.3. The Labute approximate surface area is 142 Å². The standard InChI is InChI=1S/C20H22O4/c1-12(2)24-20-14(4)11-13(3)19(23)17(20)9-10-18(22)15-5-7-16(21)8-6-15/h5-12,21,23H,1-4H3. The van der Waals surface area contributed by atoms with Crippen LogP contribution in [0.3, 0.4) is 0 Å². The summed E-state index contributed by atoms with van der Waals surface area (Å²) >= 11 is 0. The van der Waals surface area contributed by atoms with Gasteiger partial charge in [0.05, 0.1) is 11.7 Å². The van der Waals surface area contributed by atoms with Gasteiger partial charge in [0, 0.05) is 5.56 Å². The van der Waals surface area contributed by atoms with Gasteiger partial charge in [-0.25, -0.2) is 0 Å². The van der Waals surface area contributed by atoms with Gasteiger partial charge in [0.15, 0.2) is 5.78 Å². The van der Waals surface area contributed by atoms with Crippen molar-refractivity contribution in [1.29, 1.82) is 0 Å². The molecule has 0 atom stereocenters. The molecule has 0 bridgehead atoms. The minimum Gasteiger partial charge on any atom is -0.508 e. The normalized spacial score (nSPS) is 11.2. The van der Waals surface area contributed by atoms with E-state index in [1.54, 1.807) is 25.1 Å². The highest BCUT2D eigenvalue weighted by Gasteiger charge is 2.15. The molecule has 4 nitrogen and oxygen atoms in total. The highest BCUT2D eigenvalue weighted by molar-refractivity contribution is 6.07. The van der Waals surface area contributed by atoms with Gasteiger partial charge in [-0.2, -0.15) is 0 Å². The van der Waals surface area contributed by atoms with E-state index in [-0.39, 0.29) is 23.4 Å². The molecule has 0 radical (unpaired) electrons. The Morgan fingerprint density at radius 1 is 1.08 bits per heavy atom. The van der Waals surface area contributed by atoms with Gasteiger partial charge in [-0.3, -0.25) is 4.79 Å². The maximum absolute atomic E-state index is 12.3. The van der Waals surface area contributed by atoms with Crippen molar-refractivity contribution in [2.24, 2.45) is 0 Å². The van der Waals surface area contributed by atoms with E-state index in [9.17, 15) is 15.0 Å². The van der Waals surface area contributed by atoms with Gasteiger partial charge < -0.3 is 14.9 Å². The van der Waals surface area contributed by atoms with E-state index in [0.29, 0.717) is 16.9 Å². The van der Waals surface area contributed by atoms with Crippen molar-refractivity contribution < 1.29 is 19.7 Å². The van der Waals surface area contributed by atoms with E-state index < -0.39 is 0 Å². The maximum Gasteiger partial charge on any atom is 0.185 e. The Morgan fingerprint density at radius 3 is 2.29 bits per heavy atom. The summed E-state index contributed by atoms with van der Waals surface area (Å²) in [7, 11) is 0. The first-order valence-electron chi connectivity index (χ1n) is 7.81. The largest absolute Gasteiger partial charge is 0.508 e. The number of ether oxygens (including phenoxy) is 1. The molecule has 0 saturated carbocycles. The molecule has 126 valence electrons. The summed E-state index contributed by atoms with van der Waals surface area (Å²) in [5, 5.41) is 19.6. The Bertz CT molecular complexity index is 771. The number of phenols is 2. The van der Waals surface area contributed by atoms with Crippen molar-refractivity contribution in [2.75, 3.05) is 0 Å². The lowest BCUT2D eigenvalue weighted by Crippen LogP contribution is -2.08. The van der Waals surface area contributed by atoms with Crippen LogP contribution in [0.15, 0.2) is 36.4 Å². The van der Waals surface area contributed by atoms with Crippen molar-refractivity contribution in [3.8, 4) is 17.2 Å². The lowest BCUT2D eigenvalue weighted by atomic mass is 10.0. The maximum atomic E-state index is 12.3. The SMILES string of the molecule is Cc1cc(C)c(OC(C)C)c(C=CC(=O)c2ccc(O)cc2)c1O. The minimum atomic E-state index is -0.218. The second-order valence-corrected chi connectivity index (χ2v) is 6.01. The summed E-state index contributed by atoms with van der Waals surface area (Å²) in [6.45, 7) is 7.53. The summed E-state index contributed by atoms with van der Waals surface area (Å²) < 4.78 is 5.81. The van der Waals surface area contributed by atoms with Crippen LogP contribution in [-0.2, 0) is 0 Å². The van der Waals surface area contributed by atoms with Crippen LogP contribution in [0.1, 0.15) is 40.9 Å². The Kier molecular flexibility index (Phi) is 5.29. The van der Waals surface area contributed by atoms with E-state index in [0.717, 1.165) is 11.1 Å². The zero-order chi connectivity index (χ0) is 17.9. The molecule has 0 heterocycles. The third-order valence-corrected chi connectivity index (χ3v) is 3.57. The van der Waals surface area contributed by atoms with Crippen molar-refractivity contribution in [1.82, 2.24) is 0 Å². The van der Waals surface area contributed by atoms with Crippen molar-refractivity contribution >= 4 is 11.9 Å². The predicted octanol–water partition coefficient (Wildman–Crippen LogP) is 4.40. The second-order valence-electron chi connectivity index (χ2n) is 6.01. The Hall–Kier alpha value is -2.75. The van der Waals surface area contributed by atoms with E-state index in [1.807, 2.05) is 26.8 Å². The quantitative estimate of drug-likeness (QED) is 0.631. The van der Waals surface area contributed by atoms with Crippen LogP contribution >= 0.6 is 0 Å². The van der Waals surface area contributed by atoms with Crippen LogP contribution in [-0.4, -0.2) is 22.1 Å². The van der Waals surface area contributed by atoms with Gasteiger partial charge in [0.2, 0.25) is 0 Å². The summed E-state index contributed by atoms with van der Waals surface area (Å²) in [5.41, 5.74) is 2.57. The number of hydrogen-bond acceptors (Lipinski definition) is 4. The monoisotopic (exact) mass is 326 g/mol. The zero-order valence-electron chi connectivity index (χ0n) is 14.3. The molecule has 0 aliphatic heterocycles. The fourth-order valence-corrected chi connectivity index (χ4v) is 2.42. The molecule has 24 heavy (non-hydrogen) atoms. The van der Waals surface area contributed by atoms with Gasteiger partial charge in [0.1, 0.15) is 17.2 Å². The molecule has 0 aromatic heterocycles. The topological polar surface area (TPSA) is 66.8 Å². The predicted molar refractivity (Wildman–Crippen MR) is 94.8 cm³/mol. The van der Waals surface area contributed by atoms with Crippen molar-refractivity contribution in [3.63, 3.8) is 0 Å². The number of benzene rings is 2. The van der Waals surface area contributed by atoms with Crippen LogP contribution in [0, 0.1) is 13.8 Å². The van der Waals surface area contributed by atoms with Gasteiger partial charge >= 0.3 is 0 Å². The van der Waals surface area contributed by atoms with E-state index in [4.69, 9.17) is 4.74 Å². The minimum absolute atomic E-state index is 0.0502. The average molecular weight is 326 g/mol. The molecule has 4 heteroatoms. The van der Waals surface area contributed by atoms with Crippen LogP contribution in [0.5, 0.6) is 17.2 Å². The highest BCUT2D eigenvalue weighted by atomic mass is 16.5. The first-order valence-corrected chi connectivity index (χ1v) is 7.81. The smallest absolute Gasteiger partial charge is 0.185 e. The number of carbonyl (C=O) groups is 1. The lowest BCUT2D eigenvalue weighted by Gasteiger charge is -2.17. The number of aromatic hydroxyl groups is 2. The van der Waals surface area contributed by atoms with Gasteiger partial charge in [0.25, 0.3) is 0 Å². The van der Waals surface area contributed by atoms with Gasteiger partial charge in [-0.05, 0) is 81.3 Å². The average Bonchev–Trinajstić information content (AvgIpc) is 2.52. The van der Waals surface area contributed by atoms with Crippen molar-refractivity contribution in [2.45, 2.75) is 33.8 Å². The first kappa shape index (κ1) is 17.6. The van der Waals surface area contributed by atoms with E-state index >= 15 is 0 Å². The second kappa shape index (κ2) is 7.21. The van der Waals surface area contributed by atoms with E-state index in [1.165, 1.54) is 18.2 Å². The summed E-state index contributed by atoms with van der Waals surface area (Å²) in [5.74, 6) is 0.563.